The highest BCUT2D eigenvalue weighted by Crippen LogP contribution is 2.34. The van der Waals surface area contributed by atoms with E-state index in [1.165, 1.54) is 6.33 Å². The van der Waals surface area contributed by atoms with Crippen LogP contribution in [0.2, 0.25) is 30.8 Å². The molecule has 0 aliphatic heterocycles. The monoisotopic (exact) mass is 389 g/mol. The van der Waals surface area contributed by atoms with Crippen LogP contribution in [0.5, 0.6) is 5.75 Å². The molecule has 0 saturated carbocycles. The van der Waals surface area contributed by atoms with Gasteiger partial charge in [-0.05, 0) is 23.7 Å². The van der Waals surface area contributed by atoms with Gasteiger partial charge in [0.05, 0.1) is 12.5 Å². The second-order valence-electron chi connectivity index (χ2n) is 7.46. The van der Waals surface area contributed by atoms with Crippen LogP contribution < -0.4 is 4.74 Å². The number of aromatic nitrogens is 3. The molecule has 0 fully saturated rings. The van der Waals surface area contributed by atoms with Crippen LogP contribution >= 0.6 is 11.6 Å². The predicted octanol–water partition coefficient (Wildman–Crippen LogP) is 5.07. The van der Waals surface area contributed by atoms with Gasteiger partial charge >= 0.3 is 0 Å². The molecule has 0 spiro atoms. The van der Waals surface area contributed by atoms with Crippen LogP contribution in [0.1, 0.15) is 0 Å². The lowest BCUT2D eigenvalue weighted by molar-refractivity contribution is 0.0899. The van der Waals surface area contributed by atoms with Crippen LogP contribution in [-0.2, 0) is 11.5 Å². The number of fused-ring (bicyclic) bond motifs is 1. The molecule has 3 aromatic rings. The van der Waals surface area contributed by atoms with E-state index in [9.17, 15) is 0 Å². The molecule has 0 atom stereocenters. The molecule has 3 rings (SSSR count). The van der Waals surface area contributed by atoms with Crippen LogP contribution in [0.4, 0.5) is 0 Å². The van der Waals surface area contributed by atoms with Gasteiger partial charge in [0.1, 0.15) is 29.6 Å². The smallest absolute Gasteiger partial charge is 0.147 e. The van der Waals surface area contributed by atoms with E-state index in [1.54, 1.807) is 7.11 Å². The Bertz CT molecular complexity index is 905. The molecule has 2 aromatic heterocycles. The molecule has 26 heavy (non-hydrogen) atoms. The second-order valence-corrected chi connectivity index (χ2v) is 13.4. The number of halogens is 1. The summed E-state index contributed by atoms with van der Waals surface area (Å²) in [6, 6.07) is 9.01. The Balaban J connectivity index is 1.94. The average Bonchev–Trinajstić information content (AvgIpc) is 2.98. The molecule has 138 valence electrons. The van der Waals surface area contributed by atoms with Gasteiger partial charge in [0.2, 0.25) is 0 Å². The third-order valence-corrected chi connectivity index (χ3v) is 6.21. The van der Waals surface area contributed by atoms with Crippen molar-refractivity contribution in [3.05, 3.63) is 41.9 Å². The molecule has 0 amide bonds. The first-order chi connectivity index (χ1) is 12.4. The van der Waals surface area contributed by atoms with Crippen LogP contribution in [-0.4, -0.2) is 36.3 Å². The number of nitrogens with zero attached hydrogens (tertiary/aromatic N) is 3. The Morgan fingerprint density at radius 2 is 2.00 bits per heavy atom. The van der Waals surface area contributed by atoms with E-state index in [-0.39, 0.29) is 0 Å². The number of benzene rings is 1. The summed E-state index contributed by atoms with van der Waals surface area (Å²) in [6.45, 7) is 8.22. The fourth-order valence-electron chi connectivity index (χ4n) is 2.74. The molecular weight excluding hydrogens is 366 g/mol. The van der Waals surface area contributed by atoms with Gasteiger partial charge in [0, 0.05) is 26.4 Å². The molecule has 0 bridgehead atoms. The summed E-state index contributed by atoms with van der Waals surface area (Å²) in [6.07, 6.45) is 3.51. The third-order valence-electron chi connectivity index (χ3n) is 4.21. The van der Waals surface area contributed by atoms with Gasteiger partial charge in [-0.2, -0.15) is 0 Å². The molecule has 0 aliphatic carbocycles. The van der Waals surface area contributed by atoms with Crippen LogP contribution in [0, 0.1) is 0 Å². The Hall–Kier alpha value is -1.89. The number of hydrogen-bond donors (Lipinski definition) is 0. The lowest BCUT2D eigenvalue weighted by atomic mass is 10.1. The van der Waals surface area contributed by atoms with E-state index in [0.717, 1.165) is 40.6 Å². The largest absolute Gasteiger partial charge is 0.497 e. The maximum absolute atomic E-state index is 6.39. The van der Waals surface area contributed by atoms with E-state index in [0.29, 0.717) is 11.9 Å². The minimum atomic E-state index is -1.11. The first kappa shape index (κ1) is 18.9. The van der Waals surface area contributed by atoms with Gasteiger partial charge in [-0.1, -0.05) is 43.4 Å². The molecule has 0 N–H and O–H groups in total. The van der Waals surface area contributed by atoms with Crippen molar-refractivity contribution in [1.82, 2.24) is 14.5 Å². The van der Waals surface area contributed by atoms with Crippen molar-refractivity contribution in [1.29, 1.82) is 0 Å². The van der Waals surface area contributed by atoms with Crippen molar-refractivity contribution in [2.75, 3.05) is 13.7 Å². The first-order valence-corrected chi connectivity index (χ1v) is 12.7. The summed E-state index contributed by atoms with van der Waals surface area (Å²) < 4.78 is 13.2. The van der Waals surface area contributed by atoms with Crippen molar-refractivity contribution in [3.8, 4) is 16.9 Å². The molecular formula is C19H24ClN3O2Si. The molecule has 7 heteroatoms. The highest BCUT2D eigenvalue weighted by Gasteiger charge is 2.17. The summed E-state index contributed by atoms with van der Waals surface area (Å²) in [7, 11) is 0.547. The Morgan fingerprint density at radius 3 is 2.73 bits per heavy atom. The Labute approximate surface area is 159 Å². The molecule has 0 unspecified atom stereocenters. The van der Waals surface area contributed by atoms with E-state index < -0.39 is 8.07 Å². The maximum Gasteiger partial charge on any atom is 0.147 e. The predicted molar refractivity (Wildman–Crippen MR) is 109 cm³/mol. The lowest BCUT2D eigenvalue weighted by Gasteiger charge is -2.15. The fourth-order valence-corrected chi connectivity index (χ4v) is 3.72. The van der Waals surface area contributed by atoms with Gasteiger partial charge in [-0.15, -0.1) is 0 Å². The minimum Gasteiger partial charge on any atom is -0.497 e. The summed E-state index contributed by atoms with van der Waals surface area (Å²) in [5.41, 5.74) is 2.75. The average molecular weight is 390 g/mol. The van der Waals surface area contributed by atoms with Crippen molar-refractivity contribution in [2.24, 2.45) is 0 Å². The molecule has 0 saturated heterocycles. The number of rotatable bonds is 7. The van der Waals surface area contributed by atoms with Crippen molar-refractivity contribution in [3.63, 3.8) is 0 Å². The quantitative estimate of drug-likeness (QED) is 0.321. The fraction of sp³-hybridized carbons (Fsp3) is 0.368. The van der Waals surface area contributed by atoms with Crippen LogP contribution in [0.15, 0.2) is 36.8 Å². The first-order valence-electron chi connectivity index (χ1n) is 8.60. The number of hydrogen-bond acceptors (Lipinski definition) is 4. The zero-order chi connectivity index (χ0) is 18.7. The SMILES string of the molecule is COc1cccc(-c2cn(COCC[Si](C)(C)C)c3ncnc(Cl)c23)c1. The zero-order valence-electron chi connectivity index (χ0n) is 15.6. The van der Waals surface area contributed by atoms with Crippen molar-refractivity contribution in [2.45, 2.75) is 32.4 Å². The topological polar surface area (TPSA) is 49.2 Å². The maximum atomic E-state index is 6.39. The molecule has 5 nitrogen and oxygen atoms in total. The van der Waals surface area contributed by atoms with Gasteiger partial charge in [-0.3, -0.25) is 0 Å². The molecule has 2 heterocycles. The lowest BCUT2D eigenvalue weighted by Crippen LogP contribution is -2.22. The Morgan fingerprint density at radius 1 is 1.19 bits per heavy atom. The standard InChI is InChI=1S/C19H24ClN3O2Si/c1-24-15-7-5-6-14(10-15)16-11-23(13-25-8-9-26(2,3)4)19-17(16)18(20)21-12-22-19/h5-7,10-12H,8-9,13H2,1-4H3. The van der Waals surface area contributed by atoms with Gasteiger partial charge in [0.25, 0.3) is 0 Å². The van der Waals surface area contributed by atoms with Crippen LogP contribution in [0.3, 0.4) is 0 Å². The highest BCUT2D eigenvalue weighted by molar-refractivity contribution is 6.76. The van der Waals surface area contributed by atoms with Gasteiger partial charge < -0.3 is 14.0 Å². The van der Waals surface area contributed by atoms with Gasteiger partial charge in [0.15, 0.2) is 0 Å². The summed E-state index contributed by atoms with van der Waals surface area (Å²) >= 11 is 6.39. The van der Waals surface area contributed by atoms with Crippen molar-refractivity contribution < 1.29 is 9.47 Å². The van der Waals surface area contributed by atoms with Gasteiger partial charge in [-0.25, -0.2) is 9.97 Å². The summed E-state index contributed by atoms with van der Waals surface area (Å²) in [5, 5.41) is 1.27. The Kier molecular flexibility index (Phi) is 5.65. The second kappa shape index (κ2) is 7.78. The summed E-state index contributed by atoms with van der Waals surface area (Å²) in [5.74, 6) is 0.794. The van der Waals surface area contributed by atoms with E-state index in [1.807, 2.05) is 35.0 Å². The number of methoxy groups -OCH3 is 1. The van der Waals surface area contributed by atoms with Crippen LogP contribution in [0.25, 0.3) is 22.2 Å². The molecule has 0 aliphatic rings. The van der Waals surface area contributed by atoms with E-state index >= 15 is 0 Å². The molecule has 1 aromatic carbocycles. The minimum absolute atomic E-state index is 0.439. The summed E-state index contributed by atoms with van der Waals surface area (Å²) in [4.78, 5) is 8.58. The third kappa shape index (κ3) is 4.26. The van der Waals surface area contributed by atoms with E-state index in [4.69, 9.17) is 21.1 Å². The van der Waals surface area contributed by atoms with E-state index in [2.05, 4.69) is 29.6 Å². The zero-order valence-corrected chi connectivity index (χ0v) is 17.4. The van der Waals surface area contributed by atoms with Crippen molar-refractivity contribution >= 4 is 30.7 Å². The number of ether oxygens (including phenoxy) is 2. The highest BCUT2D eigenvalue weighted by atomic mass is 35.5. The normalized spacial score (nSPS) is 11.9. The molecule has 0 radical (unpaired) electrons.